The number of unbranched alkanes of at least 4 members (excludes halogenated alkanes) is 2. The third-order valence-electron chi connectivity index (χ3n) is 2.27. The standard InChI is InChI=1S/C13H17NO2S/c1-2-3-4-5-8-14-10-12-7-6-11(17-12)9-13(15)16/h1,6-7,14H,3-5,8-10H2,(H,15,16). The summed E-state index contributed by atoms with van der Waals surface area (Å²) in [5, 5.41) is 12.0. The van der Waals surface area contributed by atoms with Gasteiger partial charge in [-0.3, -0.25) is 4.79 Å². The number of terminal acetylenes is 1. The lowest BCUT2D eigenvalue weighted by Crippen LogP contribution is -2.13. The van der Waals surface area contributed by atoms with Crippen LogP contribution in [-0.4, -0.2) is 17.6 Å². The summed E-state index contributed by atoms with van der Waals surface area (Å²) in [5.41, 5.74) is 0. The molecule has 1 rings (SSSR count). The van der Waals surface area contributed by atoms with Crippen LogP contribution in [0.4, 0.5) is 0 Å². The van der Waals surface area contributed by atoms with E-state index in [1.54, 1.807) is 11.3 Å². The van der Waals surface area contributed by atoms with Crippen LogP contribution in [0, 0.1) is 12.3 Å². The zero-order valence-electron chi connectivity index (χ0n) is 9.74. The van der Waals surface area contributed by atoms with E-state index in [9.17, 15) is 4.79 Å². The Morgan fingerprint density at radius 1 is 1.41 bits per heavy atom. The van der Waals surface area contributed by atoms with Crippen LogP contribution in [0.3, 0.4) is 0 Å². The smallest absolute Gasteiger partial charge is 0.308 e. The summed E-state index contributed by atoms with van der Waals surface area (Å²) in [6.45, 7) is 1.76. The highest BCUT2D eigenvalue weighted by molar-refractivity contribution is 7.12. The molecule has 1 aromatic heterocycles. The van der Waals surface area contributed by atoms with Crippen molar-refractivity contribution in [3.8, 4) is 12.3 Å². The van der Waals surface area contributed by atoms with Gasteiger partial charge in [-0.15, -0.1) is 23.7 Å². The maximum atomic E-state index is 10.5. The molecule has 0 aliphatic rings. The van der Waals surface area contributed by atoms with Crippen LogP contribution < -0.4 is 5.32 Å². The molecule has 0 bridgehead atoms. The highest BCUT2D eigenvalue weighted by Crippen LogP contribution is 2.16. The normalized spacial score (nSPS) is 10.1. The summed E-state index contributed by atoms with van der Waals surface area (Å²) in [4.78, 5) is 12.6. The molecule has 0 aromatic carbocycles. The third kappa shape index (κ3) is 6.10. The molecule has 92 valence electrons. The Morgan fingerprint density at radius 2 is 2.18 bits per heavy atom. The monoisotopic (exact) mass is 251 g/mol. The Labute approximate surface area is 106 Å². The first-order valence-corrected chi connectivity index (χ1v) is 6.47. The Bertz CT molecular complexity index is 392. The molecule has 0 saturated carbocycles. The first-order valence-electron chi connectivity index (χ1n) is 5.66. The summed E-state index contributed by atoms with van der Waals surface area (Å²) in [7, 11) is 0. The van der Waals surface area contributed by atoms with Crippen molar-refractivity contribution < 1.29 is 9.90 Å². The van der Waals surface area contributed by atoms with Crippen molar-refractivity contribution in [3.05, 3.63) is 21.9 Å². The van der Waals surface area contributed by atoms with Crippen LogP contribution in [-0.2, 0) is 17.8 Å². The average molecular weight is 251 g/mol. The predicted molar refractivity (Wildman–Crippen MR) is 70.0 cm³/mol. The molecule has 0 saturated heterocycles. The molecule has 3 nitrogen and oxygen atoms in total. The second kappa shape index (κ2) is 7.88. The molecule has 0 atom stereocenters. The molecule has 1 heterocycles. The molecule has 0 spiro atoms. The number of hydrogen-bond acceptors (Lipinski definition) is 3. The van der Waals surface area contributed by atoms with Crippen LogP contribution in [0.1, 0.15) is 29.0 Å². The number of carboxylic acid groups (broad SMARTS) is 1. The molecule has 0 aliphatic heterocycles. The number of rotatable bonds is 8. The van der Waals surface area contributed by atoms with E-state index in [1.807, 2.05) is 12.1 Å². The van der Waals surface area contributed by atoms with Gasteiger partial charge in [-0.2, -0.15) is 0 Å². The Kier molecular flexibility index (Phi) is 6.38. The van der Waals surface area contributed by atoms with E-state index in [0.29, 0.717) is 0 Å². The lowest BCUT2D eigenvalue weighted by Gasteiger charge is -2.01. The van der Waals surface area contributed by atoms with Crippen molar-refractivity contribution in [1.29, 1.82) is 0 Å². The lowest BCUT2D eigenvalue weighted by molar-refractivity contribution is -0.136. The molecule has 0 fully saturated rings. The number of aliphatic carboxylic acids is 1. The molecular weight excluding hydrogens is 234 g/mol. The van der Waals surface area contributed by atoms with E-state index in [-0.39, 0.29) is 6.42 Å². The number of nitrogens with one attached hydrogen (secondary N) is 1. The van der Waals surface area contributed by atoms with Gasteiger partial charge in [0, 0.05) is 22.7 Å². The molecule has 0 unspecified atom stereocenters. The van der Waals surface area contributed by atoms with Gasteiger partial charge >= 0.3 is 5.97 Å². The maximum absolute atomic E-state index is 10.5. The Balaban J connectivity index is 2.17. The van der Waals surface area contributed by atoms with E-state index >= 15 is 0 Å². The zero-order valence-corrected chi connectivity index (χ0v) is 10.6. The first kappa shape index (κ1) is 13.8. The van der Waals surface area contributed by atoms with Crippen molar-refractivity contribution in [2.24, 2.45) is 0 Å². The van der Waals surface area contributed by atoms with Crippen LogP contribution in [0.15, 0.2) is 12.1 Å². The van der Waals surface area contributed by atoms with Crippen LogP contribution >= 0.6 is 11.3 Å². The summed E-state index contributed by atoms with van der Waals surface area (Å²) in [6, 6.07) is 3.87. The maximum Gasteiger partial charge on any atom is 0.308 e. The average Bonchev–Trinajstić information content (AvgIpc) is 2.70. The van der Waals surface area contributed by atoms with Gasteiger partial charge in [0.15, 0.2) is 0 Å². The fourth-order valence-electron chi connectivity index (χ4n) is 1.45. The summed E-state index contributed by atoms with van der Waals surface area (Å²) >= 11 is 1.55. The molecule has 4 heteroatoms. The fraction of sp³-hybridized carbons (Fsp3) is 0.462. The van der Waals surface area contributed by atoms with Gasteiger partial charge in [0.25, 0.3) is 0 Å². The van der Waals surface area contributed by atoms with Crippen LogP contribution in [0.5, 0.6) is 0 Å². The minimum absolute atomic E-state index is 0.118. The number of hydrogen-bond donors (Lipinski definition) is 2. The lowest BCUT2D eigenvalue weighted by atomic mass is 10.2. The van der Waals surface area contributed by atoms with Gasteiger partial charge in [0.2, 0.25) is 0 Å². The molecular formula is C13H17NO2S. The number of thiophene rings is 1. The van der Waals surface area contributed by atoms with Crippen molar-refractivity contribution in [2.75, 3.05) is 6.54 Å². The third-order valence-corrected chi connectivity index (χ3v) is 3.35. The SMILES string of the molecule is C#CCCCCNCc1ccc(CC(=O)O)s1. The summed E-state index contributed by atoms with van der Waals surface area (Å²) in [6.07, 6.45) is 8.25. The second-order valence-electron chi connectivity index (χ2n) is 3.78. The Morgan fingerprint density at radius 3 is 2.88 bits per heavy atom. The summed E-state index contributed by atoms with van der Waals surface area (Å²) in [5.74, 6) is 1.84. The minimum Gasteiger partial charge on any atom is -0.481 e. The quantitative estimate of drug-likeness (QED) is 0.550. The number of carboxylic acids is 1. The van der Waals surface area contributed by atoms with Gasteiger partial charge in [0.05, 0.1) is 6.42 Å². The minimum atomic E-state index is -0.777. The van der Waals surface area contributed by atoms with Gasteiger partial charge < -0.3 is 10.4 Å². The van der Waals surface area contributed by atoms with Gasteiger partial charge in [-0.25, -0.2) is 0 Å². The van der Waals surface area contributed by atoms with E-state index in [1.165, 1.54) is 4.88 Å². The topological polar surface area (TPSA) is 49.3 Å². The highest BCUT2D eigenvalue weighted by atomic mass is 32.1. The predicted octanol–water partition coefficient (Wildman–Crippen LogP) is 2.27. The largest absolute Gasteiger partial charge is 0.481 e. The van der Waals surface area contributed by atoms with Gasteiger partial charge in [-0.05, 0) is 31.5 Å². The second-order valence-corrected chi connectivity index (χ2v) is 5.03. The van der Waals surface area contributed by atoms with Gasteiger partial charge in [-0.1, -0.05) is 0 Å². The van der Waals surface area contributed by atoms with Crippen LogP contribution in [0.25, 0.3) is 0 Å². The van der Waals surface area contributed by atoms with E-state index < -0.39 is 5.97 Å². The van der Waals surface area contributed by atoms with E-state index in [4.69, 9.17) is 11.5 Å². The highest BCUT2D eigenvalue weighted by Gasteiger charge is 2.03. The number of carbonyl (C=O) groups is 1. The molecule has 17 heavy (non-hydrogen) atoms. The van der Waals surface area contributed by atoms with Crippen molar-refractivity contribution in [1.82, 2.24) is 5.32 Å². The van der Waals surface area contributed by atoms with Crippen molar-refractivity contribution in [3.63, 3.8) is 0 Å². The first-order chi connectivity index (χ1) is 8.22. The van der Waals surface area contributed by atoms with Crippen molar-refractivity contribution >= 4 is 17.3 Å². The Hall–Kier alpha value is -1.31. The fourth-order valence-corrected chi connectivity index (χ4v) is 2.43. The van der Waals surface area contributed by atoms with Gasteiger partial charge in [0.1, 0.15) is 0 Å². The molecule has 1 aromatic rings. The zero-order chi connectivity index (χ0) is 12.5. The molecule has 0 aliphatic carbocycles. The van der Waals surface area contributed by atoms with E-state index in [2.05, 4.69) is 11.2 Å². The van der Waals surface area contributed by atoms with E-state index in [0.717, 1.165) is 37.2 Å². The van der Waals surface area contributed by atoms with Crippen molar-refractivity contribution in [2.45, 2.75) is 32.2 Å². The molecule has 0 amide bonds. The summed E-state index contributed by atoms with van der Waals surface area (Å²) < 4.78 is 0. The van der Waals surface area contributed by atoms with Crippen LogP contribution in [0.2, 0.25) is 0 Å². The molecule has 2 N–H and O–H groups in total. The molecule has 0 radical (unpaired) electrons.